The predicted molar refractivity (Wildman–Crippen MR) is 83.6 cm³/mol. The highest BCUT2D eigenvalue weighted by molar-refractivity contribution is 7.09. The number of pyridine rings is 1. The molecule has 0 amide bonds. The molecule has 0 bridgehead atoms. The second kappa shape index (κ2) is 6.45. The van der Waals surface area contributed by atoms with Crippen molar-refractivity contribution in [3.63, 3.8) is 0 Å². The van der Waals surface area contributed by atoms with Crippen LogP contribution in [0.3, 0.4) is 0 Å². The molecule has 7 heteroatoms. The van der Waals surface area contributed by atoms with Gasteiger partial charge in [0.25, 0.3) is 0 Å². The molecule has 0 aliphatic carbocycles. The van der Waals surface area contributed by atoms with Gasteiger partial charge in [0, 0.05) is 30.5 Å². The van der Waals surface area contributed by atoms with Gasteiger partial charge in [0.2, 0.25) is 5.13 Å². The second-order valence-electron chi connectivity index (χ2n) is 4.61. The van der Waals surface area contributed by atoms with Crippen LogP contribution in [0.2, 0.25) is 0 Å². The Morgan fingerprint density at radius 2 is 2.29 bits per heavy atom. The average molecular weight is 300 g/mol. The van der Waals surface area contributed by atoms with Crippen molar-refractivity contribution in [3.05, 3.63) is 36.8 Å². The number of nitrogens with one attached hydrogen (secondary N) is 1. The minimum absolute atomic E-state index is 0.696. The first-order valence-corrected chi connectivity index (χ1v) is 7.67. The van der Waals surface area contributed by atoms with Gasteiger partial charge < -0.3 is 5.32 Å². The third-order valence-electron chi connectivity index (χ3n) is 2.96. The van der Waals surface area contributed by atoms with Crippen molar-refractivity contribution in [1.29, 1.82) is 0 Å². The SMILES string of the molecule is CCCCn1cc(-c2nsc(Nc3ccccn3)n2)cn1. The Hall–Kier alpha value is -2.28. The van der Waals surface area contributed by atoms with Gasteiger partial charge in [-0.1, -0.05) is 19.4 Å². The molecule has 3 aromatic heterocycles. The molecule has 6 nitrogen and oxygen atoms in total. The highest BCUT2D eigenvalue weighted by atomic mass is 32.1. The molecule has 1 N–H and O–H groups in total. The van der Waals surface area contributed by atoms with Gasteiger partial charge in [0.15, 0.2) is 5.82 Å². The van der Waals surface area contributed by atoms with Gasteiger partial charge in [0.05, 0.1) is 11.8 Å². The molecular formula is C14H16N6S. The third kappa shape index (κ3) is 3.43. The molecule has 0 saturated heterocycles. The number of hydrogen-bond acceptors (Lipinski definition) is 6. The Balaban J connectivity index is 1.71. The van der Waals surface area contributed by atoms with Crippen molar-refractivity contribution in [2.45, 2.75) is 26.3 Å². The highest BCUT2D eigenvalue weighted by Crippen LogP contribution is 2.22. The zero-order valence-corrected chi connectivity index (χ0v) is 12.5. The van der Waals surface area contributed by atoms with Crippen molar-refractivity contribution in [2.24, 2.45) is 0 Å². The number of anilines is 2. The Morgan fingerprint density at radius 1 is 1.33 bits per heavy atom. The normalized spacial score (nSPS) is 10.7. The van der Waals surface area contributed by atoms with Crippen LogP contribution < -0.4 is 5.32 Å². The first kappa shape index (κ1) is 13.7. The van der Waals surface area contributed by atoms with E-state index in [1.807, 2.05) is 35.3 Å². The van der Waals surface area contributed by atoms with Crippen LogP contribution in [-0.2, 0) is 6.54 Å². The summed E-state index contributed by atoms with van der Waals surface area (Å²) < 4.78 is 6.30. The fraction of sp³-hybridized carbons (Fsp3) is 0.286. The first-order chi connectivity index (χ1) is 10.3. The minimum Gasteiger partial charge on any atom is -0.315 e. The number of hydrogen-bond donors (Lipinski definition) is 1. The molecule has 0 unspecified atom stereocenters. The average Bonchev–Trinajstić information content (AvgIpc) is 3.15. The lowest BCUT2D eigenvalue weighted by atomic mass is 10.3. The van der Waals surface area contributed by atoms with E-state index in [2.05, 4.69) is 31.7 Å². The third-order valence-corrected chi connectivity index (χ3v) is 3.59. The Labute approximate surface area is 127 Å². The van der Waals surface area contributed by atoms with Gasteiger partial charge in [-0.05, 0) is 18.6 Å². The summed E-state index contributed by atoms with van der Waals surface area (Å²) in [5.74, 6) is 1.46. The van der Waals surface area contributed by atoms with Crippen molar-refractivity contribution in [3.8, 4) is 11.4 Å². The summed E-state index contributed by atoms with van der Waals surface area (Å²) in [6, 6.07) is 5.69. The fourth-order valence-electron chi connectivity index (χ4n) is 1.86. The summed E-state index contributed by atoms with van der Waals surface area (Å²) in [5.41, 5.74) is 0.941. The molecule has 3 heterocycles. The van der Waals surface area contributed by atoms with E-state index in [9.17, 15) is 0 Å². The van der Waals surface area contributed by atoms with Gasteiger partial charge in [-0.25, -0.2) is 4.98 Å². The van der Waals surface area contributed by atoms with Crippen LogP contribution >= 0.6 is 11.5 Å². The molecular weight excluding hydrogens is 284 g/mol. The number of nitrogens with zero attached hydrogens (tertiary/aromatic N) is 5. The number of aromatic nitrogens is 5. The summed E-state index contributed by atoms with van der Waals surface area (Å²) in [7, 11) is 0. The molecule has 0 aliphatic heterocycles. The van der Waals surface area contributed by atoms with E-state index in [4.69, 9.17) is 0 Å². The Morgan fingerprint density at radius 3 is 3.10 bits per heavy atom. The van der Waals surface area contributed by atoms with Gasteiger partial charge in [-0.15, -0.1) is 0 Å². The molecule has 3 aromatic rings. The molecule has 0 atom stereocenters. The molecule has 21 heavy (non-hydrogen) atoms. The maximum atomic E-state index is 4.47. The minimum atomic E-state index is 0.696. The maximum absolute atomic E-state index is 4.47. The zero-order valence-electron chi connectivity index (χ0n) is 11.7. The molecule has 0 radical (unpaired) electrons. The monoisotopic (exact) mass is 300 g/mol. The van der Waals surface area contributed by atoms with Crippen molar-refractivity contribution in [1.82, 2.24) is 24.1 Å². The van der Waals surface area contributed by atoms with E-state index < -0.39 is 0 Å². The van der Waals surface area contributed by atoms with E-state index in [-0.39, 0.29) is 0 Å². The smallest absolute Gasteiger partial charge is 0.208 e. The largest absolute Gasteiger partial charge is 0.315 e. The lowest BCUT2D eigenvalue weighted by Crippen LogP contribution is -1.96. The molecule has 0 aromatic carbocycles. The van der Waals surface area contributed by atoms with Gasteiger partial charge in [-0.3, -0.25) is 4.68 Å². The molecule has 0 aliphatic rings. The predicted octanol–water partition coefficient (Wildman–Crippen LogP) is 3.34. The van der Waals surface area contributed by atoms with Crippen LogP contribution in [-0.4, -0.2) is 24.1 Å². The second-order valence-corrected chi connectivity index (χ2v) is 5.36. The van der Waals surface area contributed by atoms with E-state index in [1.54, 1.807) is 6.20 Å². The van der Waals surface area contributed by atoms with Crippen LogP contribution in [0, 0.1) is 0 Å². The molecule has 0 saturated carbocycles. The summed E-state index contributed by atoms with van der Waals surface area (Å²) in [6.07, 6.45) is 7.81. The van der Waals surface area contributed by atoms with Crippen LogP contribution in [0.4, 0.5) is 10.9 Å². The fourth-order valence-corrected chi connectivity index (χ4v) is 2.46. The van der Waals surface area contributed by atoms with Crippen LogP contribution in [0.25, 0.3) is 11.4 Å². The van der Waals surface area contributed by atoms with Gasteiger partial charge in [-0.2, -0.15) is 14.5 Å². The molecule has 0 spiro atoms. The zero-order chi connectivity index (χ0) is 14.5. The summed E-state index contributed by atoms with van der Waals surface area (Å²) in [5, 5.41) is 8.20. The lowest BCUT2D eigenvalue weighted by Gasteiger charge is -1.98. The van der Waals surface area contributed by atoms with Gasteiger partial charge >= 0.3 is 0 Å². The summed E-state index contributed by atoms with van der Waals surface area (Å²) >= 11 is 1.32. The quantitative estimate of drug-likeness (QED) is 0.756. The number of unbranched alkanes of at least 4 members (excludes halogenated alkanes) is 1. The Bertz CT molecular complexity index is 690. The standard InChI is InChI=1S/C14H16N6S/c1-2-3-8-20-10-11(9-16-20)13-18-14(21-19-13)17-12-6-4-5-7-15-12/h4-7,9-10H,2-3,8H2,1H3,(H,15,17,18,19). The van der Waals surface area contributed by atoms with Gasteiger partial charge in [0.1, 0.15) is 5.82 Å². The molecule has 3 rings (SSSR count). The molecule has 108 valence electrons. The number of rotatable bonds is 6. The maximum Gasteiger partial charge on any atom is 0.208 e. The van der Waals surface area contributed by atoms with E-state index >= 15 is 0 Å². The topological polar surface area (TPSA) is 68.5 Å². The van der Waals surface area contributed by atoms with Crippen molar-refractivity contribution >= 4 is 22.5 Å². The van der Waals surface area contributed by atoms with E-state index in [0.29, 0.717) is 5.82 Å². The van der Waals surface area contributed by atoms with E-state index in [1.165, 1.54) is 11.5 Å². The van der Waals surface area contributed by atoms with Crippen LogP contribution in [0.1, 0.15) is 19.8 Å². The van der Waals surface area contributed by atoms with E-state index in [0.717, 1.165) is 35.9 Å². The summed E-state index contributed by atoms with van der Waals surface area (Å²) in [4.78, 5) is 8.68. The van der Waals surface area contributed by atoms with Crippen molar-refractivity contribution in [2.75, 3.05) is 5.32 Å². The highest BCUT2D eigenvalue weighted by Gasteiger charge is 2.09. The number of aryl methyl sites for hydroxylation is 1. The van der Waals surface area contributed by atoms with Crippen molar-refractivity contribution < 1.29 is 0 Å². The first-order valence-electron chi connectivity index (χ1n) is 6.90. The van der Waals surface area contributed by atoms with Crippen LogP contribution in [0.5, 0.6) is 0 Å². The Kier molecular flexibility index (Phi) is 4.20. The summed E-state index contributed by atoms with van der Waals surface area (Å²) in [6.45, 7) is 3.10. The van der Waals surface area contributed by atoms with Crippen LogP contribution in [0.15, 0.2) is 36.8 Å². The molecule has 0 fully saturated rings. The lowest BCUT2D eigenvalue weighted by molar-refractivity contribution is 0.572.